The van der Waals surface area contributed by atoms with Crippen molar-refractivity contribution in [2.75, 3.05) is 36.9 Å². The Morgan fingerprint density at radius 2 is 1.73 bits per heavy atom. The van der Waals surface area contributed by atoms with Gasteiger partial charge >= 0.3 is 5.69 Å². The third-order valence-electron chi connectivity index (χ3n) is 8.99. The number of nitrogens with one attached hydrogen (secondary N) is 2. The van der Waals surface area contributed by atoms with Crippen LogP contribution in [-0.4, -0.2) is 61.7 Å². The summed E-state index contributed by atoms with van der Waals surface area (Å²) < 4.78 is 21.9. The first-order valence-electron chi connectivity index (χ1n) is 16.7. The second kappa shape index (κ2) is 14.8. The van der Waals surface area contributed by atoms with Gasteiger partial charge in [-0.2, -0.15) is 25.4 Å². The molecule has 0 radical (unpaired) electrons. The van der Waals surface area contributed by atoms with Crippen LogP contribution in [0.15, 0.2) is 96.3 Å². The molecular weight excluding hydrogens is 622 g/mol. The lowest BCUT2D eigenvalue weighted by atomic mass is 10.1. The summed E-state index contributed by atoms with van der Waals surface area (Å²) in [5.74, 6) is 0.0787. The van der Waals surface area contributed by atoms with Crippen LogP contribution in [0.4, 0.5) is 11.4 Å². The zero-order valence-electron chi connectivity index (χ0n) is 27.1. The van der Waals surface area contributed by atoms with E-state index in [1.165, 1.54) is 25.7 Å². The summed E-state index contributed by atoms with van der Waals surface area (Å²) in [7, 11) is 0. The number of benzene rings is 3. The van der Waals surface area contributed by atoms with E-state index in [0.717, 1.165) is 22.6 Å². The molecule has 0 bridgehead atoms. The van der Waals surface area contributed by atoms with Gasteiger partial charge in [-0.3, -0.25) is 0 Å². The molecule has 13 heteroatoms. The van der Waals surface area contributed by atoms with Gasteiger partial charge in [0, 0.05) is 30.9 Å². The maximum absolute atomic E-state index is 12.9. The van der Waals surface area contributed by atoms with E-state index >= 15 is 0 Å². The van der Waals surface area contributed by atoms with Crippen LogP contribution in [-0.2, 0) is 28.4 Å². The highest BCUT2D eigenvalue weighted by Crippen LogP contribution is 2.36. The van der Waals surface area contributed by atoms with Gasteiger partial charge in [-0.25, -0.2) is 14.0 Å². The van der Waals surface area contributed by atoms with Gasteiger partial charge in [0.2, 0.25) is 5.79 Å². The summed E-state index contributed by atoms with van der Waals surface area (Å²) in [6, 6.07) is 25.1. The first kappa shape index (κ1) is 32.1. The number of nitriles is 1. The number of hydrogen-bond donors (Lipinski definition) is 2. The number of aromatic nitrogens is 6. The van der Waals surface area contributed by atoms with Crippen molar-refractivity contribution < 1.29 is 14.2 Å². The summed E-state index contributed by atoms with van der Waals surface area (Å²) >= 11 is 0. The van der Waals surface area contributed by atoms with Gasteiger partial charge in [-0.05, 0) is 61.2 Å². The normalized spacial score (nSPS) is 19.1. The van der Waals surface area contributed by atoms with Crippen molar-refractivity contribution in [1.82, 2.24) is 29.3 Å². The van der Waals surface area contributed by atoms with Crippen molar-refractivity contribution in [3.8, 4) is 17.5 Å². The quantitative estimate of drug-likeness (QED) is 0.163. The Morgan fingerprint density at radius 1 is 0.959 bits per heavy atom. The topological polar surface area (TPSA) is 146 Å². The Balaban J connectivity index is 0.889. The lowest BCUT2D eigenvalue weighted by Crippen LogP contribution is -2.35. The van der Waals surface area contributed by atoms with Crippen LogP contribution in [0, 0.1) is 17.2 Å². The Morgan fingerprint density at radius 3 is 2.51 bits per heavy atom. The molecule has 2 atom stereocenters. The molecule has 2 N–H and O–H groups in total. The van der Waals surface area contributed by atoms with E-state index in [0.29, 0.717) is 50.0 Å². The molecule has 2 fully saturated rings. The lowest BCUT2D eigenvalue weighted by Gasteiger charge is -2.28. The molecule has 1 aliphatic carbocycles. The Kier molecular flexibility index (Phi) is 9.67. The summed E-state index contributed by atoms with van der Waals surface area (Å²) in [6.07, 6.45) is 9.32. The van der Waals surface area contributed by atoms with Gasteiger partial charge in [-0.15, -0.1) is 0 Å². The molecule has 0 amide bonds. The van der Waals surface area contributed by atoms with E-state index in [-0.39, 0.29) is 18.4 Å². The average Bonchev–Trinajstić information content (AvgIpc) is 3.98. The zero-order chi connectivity index (χ0) is 33.5. The Hall–Kier alpha value is -5.45. The third-order valence-corrected chi connectivity index (χ3v) is 8.99. The molecule has 1 aliphatic heterocycles. The number of hydrogen-bond acceptors (Lipinski definition) is 10. The van der Waals surface area contributed by atoms with Crippen LogP contribution in [0.3, 0.4) is 0 Å². The molecule has 1 saturated carbocycles. The second-order valence-corrected chi connectivity index (χ2v) is 12.4. The average molecular weight is 662 g/mol. The maximum Gasteiger partial charge on any atom is 0.350 e. The van der Waals surface area contributed by atoms with E-state index in [4.69, 9.17) is 14.2 Å². The van der Waals surface area contributed by atoms with E-state index in [1.807, 2.05) is 66.7 Å². The second-order valence-electron chi connectivity index (χ2n) is 12.4. The smallest absolute Gasteiger partial charge is 0.350 e. The molecule has 2 aromatic heterocycles. The van der Waals surface area contributed by atoms with Crippen LogP contribution < -0.4 is 21.1 Å². The fraction of sp³-hybridized carbons (Fsp3) is 0.361. The fourth-order valence-electron chi connectivity index (χ4n) is 6.45. The molecule has 5 aromatic rings. The van der Waals surface area contributed by atoms with E-state index < -0.39 is 5.79 Å². The highest BCUT2D eigenvalue weighted by molar-refractivity contribution is 5.60. The predicted octanol–water partition coefficient (Wildman–Crippen LogP) is 4.56. The van der Waals surface area contributed by atoms with Gasteiger partial charge in [0.05, 0.1) is 35.9 Å². The molecule has 252 valence electrons. The summed E-state index contributed by atoms with van der Waals surface area (Å²) in [6.45, 7) is 2.78. The molecule has 49 heavy (non-hydrogen) atoms. The predicted molar refractivity (Wildman–Crippen MR) is 182 cm³/mol. The van der Waals surface area contributed by atoms with Crippen LogP contribution in [0.1, 0.15) is 36.8 Å². The van der Waals surface area contributed by atoms with Crippen molar-refractivity contribution >= 4 is 11.4 Å². The molecule has 7 rings (SSSR count). The highest BCUT2D eigenvalue weighted by Gasteiger charge is 2.44. The van der Waals surface area contributed by atoms with Crippen molar-refractivity contribution in [2.45, 2.75) is 50.7 Å². The summed E-state index contributed by atoms with van der Waals surface area (Å²) in [4.78, 5) is 14.4. The number of nitrogens with zero attached hydrogens (tertiary/aromatic N) is 7. The summed E-state index contributed by atoms with van der Waals surface area (Å²) in [5.41, 5.74) is 3.67. The number of rotatable bonds is 14. The Labute approximate surface area is 284 Å². The first-order chi connectivity index (χ1) is 24.1. The van der Waals surface area contributed by atoms with Gasteiger partial charge < -0.3 is 24.8 Å². The van der Waals surface area contributed by atoms with Crippen molar-refractivity contribution in [3.05, 3.63) is 113 Å². The fourth-order valence-corrected chi connectivity index (χ4v) is 6.45. The van der Waals surface area contributed by atoms with Gasteiger partial charge in [0.25, 0.3) is 0 Å². The molecule has 0 spiro atoms. The Bertz CT molecular complexity index is 1910. The SMILES string of the molecule is N#Cc1cc(OC[C@@H]2CO[C@@](Cn3nccn3)(c3ccccc3)O2)ccc1NCCNc1ccc(-n2cnn(CC3CCCC3)c2=O)cc1. The van der Waals surface area contributed by atoms with Crippen LogP contribution >= 0.6 is 0 Å². The molecule has 3 heterocycles. The third kappa shape index (κ3) is 7.51. The standard InChI is InChI=1S/C36H39N9O4/c37-21-28-20-32(47-23-33-24-48-36(49-33,25-45-40-18-19-41-45)29-8-2-1-3-9-29)14-15-34(28)39-17-16-38-30-10-12-31(13-11-30)43-26-42-44(35(43)46)22-27-6-4-5-7-27/h1-3,8-15,18-20,26-27,33,38-39H,4-7,16-17,22-25H2/t33-,36-/m1/s1. The maximum atomic E-state index is 12.9. The molecule has 1 saturated heterocycles. The van der Waals surface area contributed by atoms with E-state index in [9.17, 15) is 10.1 Å². The zero-order valence-corrected chi connectivity index (χ0v) is 27.1. The molecule has 13 nitrogen and oxygen atoms in total. The first-order valence-corrected chi connectivity index (χ1v) is 16.7. The van der Waals surface area contributed by atoms with Gasteiger partial charge in [-0.1, -0.05) is 43.2 Å². The van der Waals surface area contributed by atoms with Crippen LogP contribution in [0.25, 0.3) is 5.69 Å². The minimum atomic E-state index is -1.03. The summed E-state index contributed by atoms with van der Waals surface area (Å²) in [5, 5.41) is 29.3. The van der Waals surface area contributed by atoms with Crippen LogP contribution in [0.5, 0.6) is 5.75 Å². The van der Waals surface area contributed by atoms with Crippen LogP contribution in [0.2, 0.25) is 0 Å². The lowest BCUT2D eigenvalue weighted by molar-refractivity contribution is -0.192. The minimum Gasteiger partial charge on any atom is -0.491 e. The molecule has 3 aromatic carbocycles. The van der Waals surface area contributed by atoms with Crippen molar-refractivity contribution in [1.29, 1.82) is 5.26 Å². The van der Waals surface area contributed by atoms with Gasteiger partial charge in [0.15, 0.2) is 0 Å². The highest BCUT2D eigenvalue weighted by atomic mass is 16.8. The molecule has 2 aliphatic rings. The monoisotopic (exact) mass is 661 g/mol. The largest absolute Gasteiger partial charge is 0.491 e. The van der Waals surface area contributed by atoms with Gasteiger partial charge in [0.1, 0.15) is 37.4 Å². The van der Waals surface area contributed by atoms with E-state index in [1.54, 1.807) is 38.8 Å². The number of anilines is 2. The van der Waals surface area contributed by atoms with Crippen molar-refractivity contribution in [3.63, 3.8) is 0 Å². The van der Waals surface area contributed by atoms with E-state index in [2.05, 4.69) is 32.0 Å². The molecule has 0 unspecified atom stereocenters. The van der Waals surface area contributed by atoms with Crippen molar-refractivity contribution in [2.24, 2.45) is 5.92 Å². The minimum absolute atomic E-state index is 0.105. The number of ether oxygens (including phenoxy) is 3. The molecular formula is C36H39N9O4.